The van der Waals surface area contributed by atoms with Crippen molar-refractivity contribution in [3.05, 3.63) is 40.1 Å². The Labute approximate surface area is 151 Å². The van der Waals surface area contributed by atoms with Gasteiger partial charge in [0.15, 0.2) is 11.2 Å². The number of benzene rings is 1. The third-order valence-corrected chi connectivity index (χ3v) is 3.55. The van der Waals surface area contributed by atoms with Crippen LogP contribution in [-0.2, 0) is 19.8 Å². The van der Waals surface area contributed by atoms with Gasteiger partial charge in [-0.05, 0) is 38.3 Å². The van der Waals surface area contributed by atoms with E-state index in [9.17, 15) is 14.4 Å². The number of carbonyl (C=O) groups excluding carboxylic acids is 2. The summed E-state index contributed by atoms with van der Waals surface area (Å²) in [5.41, 5.74) is -0.850. The Morgan fingerprint density at radius 3 is 2.27 bits per heavy atom. The lowest BCUT2D eigenvalue weighted by atomic mass is 9.86. The van der Waals surface area contributed by atoms with Crippen LogP contribution in [0.4, 0.5) is 10.6 Å². The fourth-order valence-corrected chi connectivity index (χ4v) is 2.60. The number of nitrogens with zero attached hydrogens (tertiary/aromatic N) is 1. The van der Waals surface area contributed by atoms with Gasteiger partial charge in [0.1, 0.15) is 5.60 Å². The highest BCUT2D eigenvalue weighted by Crippen LogP contribution is 2.30. The van der Waals surface area contributed by atoms with Crippen molar-refractivity contribution in [3.63, 3.8) is 0 Å². The van der Waals surface area contributed by atoms with Crippen molar-refractivity contribution < 1.29 is 19.2 Å². The summed E-state index contributed by atoms with van der Waals surface area (Å²) >= 11 is 0. The number of hydrogen-bond donors (Lipinski definition) is 1. The zero-order chi connectivity index (χ0) is 19.7. The Bertz CT molecular complexity index is 887. The first-order valence-electron chi connectivity index (χ1n) is 8.25. The fraction of sp³-hybridized carbons (Fsp3) is 0.421. The predicted molar refractivity (Wildman–Crippen MR) is 99.1 cm³/mol. The minimum absolute atomic E-state index is 0.0718. The number of hydroxylamine groups is 1. The van der Waals surface area contributed by atoms with Crippen LogP contribution in [0.25, 0.3) is 10.9 Å². The van der Waals surface area contributed by atoms with Gasteiger partial charge in [-0.15, -0.1) is 0 Å². The van der Waals surface area contributed by atoms with E-state index in [4.69, 9.17) is 9.57 Å². The van der Waals surface area contributed by atoms with Crippen LogP contribution in [0.2, 0.25) is 0 Å². The number of aromatic amines is 1. The molecule has 0 saturated heterocycles. The van der Waals surface area contributed by atoms with Gasteiger partial charge in [0, 0.05) is 10.9 Å². The van der Waals surface area contributed by atoms with Gasteiger partial charge in [0.25, 0.3) is 0 Å². The molecule has 1 aromatic heterocycles. The van der Waals surface area contributed by atoms with E-state index >= 15 is 0 Å². The van der Waals surface area contributed by atoms with Crippen molar-refractivity contribution in [2.45, 2.75) is 52.6 Å². The number of carbonyl (C=O) groups is 2. The molecule has 0 aliphatic carbocycles. The first kappa shape index (κ1) is 19.5. The first-order chi connectivity index (χ1) is 12.0. The Kier molecular flexibility index (Phi) is 5.11. The zero-order valence-corrected chi connectivity index (χ0v) is 15.9. The molecule has 7 heteroatoms. The summed E-state index contributed by atoms with van der Waals surface area (Å²) in [5.74, 6) is 0.0718. The number of hydrogen-bond acceptors (Lipinski definition) is 5. The molecule has 0 bridgehead atoms. The maximum absolute atomic E-state index is 13.1. The average Bonchev–Trinajstić information content (AvgIpc) is 2.49. The maximum Gasteiger partial charge on any atom is 0.450 e. The van der Waals surface area contributed by atoms with E-state index < -0.39 is 17.1 Å². The maximum atomic E-state index is 13.1. The van der Waals surface area contributed by atoms with E-state index in [2.05, 4.69) is 4.98 Å². The molecular weight excluding hydrogens is 336 g/mol. The molecule has 0 fully saturated rings. The number of H-pyrrole nitrogens is 1. The molecule has 7 nitrogen and oxygen atoms in total. The second kappa shape index (κ2) is 6.82. The van der Waals surface area contributed by atoms with Gasteiger partial charge in [-0.3, -0.25) is 9.59 Å². The summed E-state index contributed by atoms with van der Waals surface area (Å²) in [6.45, 7) is 10.7. The number of aromatic nitrogens is 1. The van der Waals surface area contributed by atoms with E-state index in [0.29, 0.717) is 21.5 Å². The van der Waals surface area contributed by atoms with Crippen LogP contribution >= 0.6 is 0 Å². The van der Waals surface area contributed by atoms with Crippen molar-refractivity contribution in [2.24, 2.45) is 0 Å². The molecule has 2 rings (SSSR count). The van der Waals surface area contributed by atoms with Crippen molar-refractivity contribution in [1.29, 1.82) is 0 Å². The number of nitrogens with one attached hydrogen (secondary N) is 1. The Morgan fingerprint density at radius 2 is 1.73 bits per heavy atom. The summed E-state index contributed by atoms with van der Waals surface area (Å²) in [5, 5.41) is 1.17. The van der Waals surface area contributed by atoms with E-state index in [1.807, 2.05) is 20.8 Å². The molecule has 1 N–H and O–H groups in total. The van der Waals surface area contributed by atoms with Crippen molar-refractivity contribution in [2.75, 3.05) is 5.06 Å². The highest BCUT2D eigenvalue weighted by atomic mass is 16.7. The average molecular weight is 360 g/mol. The second-order valence-corrected chi connectivity index (χ2v) is 7.95. The first-order valence-corrected chi connectivity index (χ1v) is 8.25. The molecule has 140 valence electrons. The number of pyridine rings is 1. The number of ether oxygens (including phenoxy) is 1. The van der Waals surface area contributed by atoms with E-state index in [1.165, 1.54) is 0 Å². The largest absolute Gasteiger partial charge is 0.450 e. The van der Waals surface area contributed by atoms with Crippen LogP contribution in [0.15, 0.2) is 29.1 Å². The molecule has 0 unspecified atom stereocenters. The minimum atomic E-state index is -0.902. The molecule has 0 atom stereocenters. The standard InChI is InChI=1S/C19H24N2O5/c1-18(2,3)14-15(23)12-9-7-8-10-13(12)20-16(14)21(25-11-22)17(24)26-19(4,5)6/h7-11H,1-6H3,(H,20,23). The molecule has 0 saturated carbocycles. The normalized spacial score (nSPS) is 11.9. The van der Waals surface area contributed by atoms with Crippen LogP contribution in [0.3, 0.4) is 0 Å². The monoisotopic (exact) mass is 360 g/mol. The summed E-state index contributed by atoms with van der Waals surface area (Å²) < 4.78 is 5.31. The van der Waals surface area contributed by atoms with Crippen molar-refractivity contribution >= 4 is 29.3 Å². The van der Waals surface area contributed by atoms with Crippen LogP contribution in [-0.4, -0.2) is 23.2 Å². The van der Waals surface area contributed by atoms with E-state index in [1.54, 1.807) is 45.0 Å². The molecule has 0 spiro atoms. The topological polar surface area (TPSA) is 88.7 Å². The smallest absolute Gasteiger partial charge is 0.441 e. The van der Waals surface area contributed by atoms with Gasteiger partial charge in [-0.2, -0.15) is 0 Å². The third kappa shape index (κ3) is 4.04. The lowest BCUT2D eigenvalue weighted by molar-refractivity contribution is -0.130. The molecule has 0 aliphatic rings. The quantitative estimate of drug-likeness (QED) is 0.666. The SMILES string of the molecule is CC(C)(C)OC(=O)N(OC=O)c1[nH]c2ccccc2c(=O)c1C(C)(C)C. The number of fused-ring (bicyclic) bond motifs is 1. The Hall–Kier alpha value is -2.83. The van der Waals surface area contributed by atoms with Crippen LogP contribution in [0, 0.1) is 0 Å². The molecule has 0 aliphatic heterocycles. The van der Waals surface area contributed by atoms with Crippen LogP contribution in [0.1, 0.15) is 47.1 Å². The highest BCUT2D eigenvalue weighted by Gasteiger charge is 2.33. The Morgan fingerprint density at radius 1 is 1.12 bits per heavy atom. The number of rotatable bonds is 3. The van der Waals surface area contributed by atoms with E-state index in [-0.39, 0.29) is 17.7 Å². The van der Waals surface area contributed by atoms with Gasteiger partial charge < -0.3 is 14.6 Å². The second-order valence-electron chi connectivity index (χ2n) is 7.95. The summed E-state index contributed by atoms with van der Waals surface area (Å²) in [6.07, 6.45) is -0.902. The van der Waals surface area contributed by atoms with Crippen LogP contribution in [0.5, 0.6) is 0 Å². The molecular formula is C19H24N2O5. The molecule has 1 heterocycles. The van der Waals surface area contributed by atoms with Crippen molar-refractivity contribution in [1.82, 2.24) is 4.98 Å². The van der Waals surface area contributed by atoms with Gasteiger partial charge in [-0.1, -0.05) is 38.0 Å². The zero-order valence-electron chi connectivity index (χ0n) is 15.9. The summed E-state index contributed by atoms with van der Waals surface area (Å²) in [4.78, 5) is 44.6. The fourth-order valence-electron chi connectivity index (χ4n) is 2.60. The van der Waals surface area contributed by atoms with Gasteiger partial charge in [0.05, 0.1) is 5.52 Å². The van der Waals surface area contributed by atoms with Gasteiger partial charge in [-0.25, -0.2) is 4.79 Å². The van der Waals surface area contributed by atoms with Crippen LogP contribution < -0.4 is 10.5 Å². The predicted octanol–water partition coefficient (Wildman–Crippen LogP) is 3.66. The summed E-state index contributed by atoms with van der Waals surface area (Å²) in [6, 6.07) is 6.93. The number of amides is 1. The third-order valence-electron chi connectivity index (χ3n) is 3.55. The van der Waals surface area contributed by atoms with Gasteiger partial charge >= 0.3 is 12.6 Å². The lowest BCUT2D eigenvalue weighted by Crippen LogP contribution is -2.40. The molecule has 1 amide bonds. The molecule has 26 heavy (non-hydrogen) atoms. The molecule has 1 aromatic carbocycles. The minimum Gasteiger partial charge on any atom is -0.441 e. The Balaban J connectivity index is 2.77. The van der Waals surface area contributed by atoms with Gasteiger partial charge in [0.2, 0.25) is 0 Å². The van der Waals surface area contributed by atoms with Crippen molar-refractivity contribution in [3.8, 4) is 0 Å². The molecule has 2 aromatic rings. The highest BCUT2D eigenvalue weighted by molar-refractivity contribution is 5.90. The van der Waals surface area contributed by atoms with E-state index in [0.717, 1.165) is 0 Å². The number of anilines is 1. The molecule has 0 radical (unpaired) electrons. The number of para-hydroxylation sites is 1. The summed E-state index contributed by atoms with van der Waals surface area (Å²) in [7, 11) is 0. The lowest BCUT2D eigenvalue weighted by Gasteiger charge is -2.29.